The molecule has 2 N–H and O–H groups in total. The molecule has 7 heteroatoms. The van der Waals surface area contributed by atoms with Gasteiger partial charge in [-0.1, -0.05) is 0 Å². The molecule has 2 aliphatic heterocycles. The number of benzene rings is 1. The molecule has 3 rings (SSSR count). The maximum absolute atomic E-state index is 11.8. The number of hydrogen-bond acceptors (Lipinski definition) is 5. The van der Waals surface area contributed by atoms with Crippen LogP contribution in [0.15, 0.2) is 24.3 Å². The summed E-state index contributed by atoms with van der Waals surface area (Å²) in [5.41, 5.74) is 1.43. The van der Waals surface area contributed by atoms with Crippen LogP contribution in [0.1, 0.15) is 12.8 Å². The van der Waals surface area contributed by atoms with Gasteiger partial charge in [0.1, 0.15) is 6.61 Å². The van der Waals surface area contributed by atoms with Gasteiger partial charge in [0.25, 0.3) is 5.91 Å². The molecule has 0 radical (unpaired) electrons. The molecule has 1 aromatic rings. The molecule has 0 aliphatic carbocycles. The SMILES string of the molecule is O=C(Nc1ccc(N2CCOCC2=O)cc1)OC1CCCN1. The number of hydrogen-bond donors (Lipinski definition) is 2. The van der Waals surface area contributed by atoms with Gasteiger partial charge in [0.05, 0.1) is 6.61 Å². The molecule has 2 heterocycles. The molecule has 0 saturated carbocycles. The smallest absolute Gasteiger partial charge is 0.413 e. The van der Waals surface area contributed by atoms with Crippen LogP contribution in [0.5, 0.6) is 0 Å². The lowest BCUT2D eigenvalue weighted by atomic mass is 10.2. The molecule has 0 spiro atoms. The van der Waals surface area contributed by atoms with E-state index < -0.39 is 6.09 Å². The first-order valence-corrected chi connectivity index (χ1v) is 7.41. The first-order chi connectivity index (χ1) is 10.7. The van der Waals surface area contributed by atoms with Gasteiger partial charge in [-0.15, -0.1) is 0 Å². The van der Waals surface area contributed by atoms with Crippen LogP contribution in [0.3, 0.4) is 0 Å². The third-order valence-corrected chi connectivity index (χ3v) is 3.68. The van der Waals surface area contributed by atoms with Crippen LogP contribution in [-0.2, 0) is 14.3 Å². The lowest BCUT2D eigenvalue weighted by molar-refractivity contribution is -0.125. The molecule has 1 unspecified atom stereocenters. The maximum Gasteiger partial charge on any atom is 0.413 e. The van der Waals surface area contributed by atoms with E-state index in [1.165, 1.54) is 0 Å². The molecule has 1 aromatic carbocycles. The normalized spacial score (nSPS) is 21.7. The molecule has 2 fully saturated rings. The van der Waals surface area contributed by atoms with Gasteiger partial charge in [0.2, 0.25) is 0 Å². The van der Waals surface area contributed by atoms with Crippen LogP contribution in [-0.4, -0.2) is 44.5 Å². The Morgan fingerprint density at radius 1 is 1.36 bits per heavy atom. The molecule has 7 nitrogen and oxygen atoms in total. The lowest BCUT2D eigenvalue weighted by Crippen LogP contribution is -2.41. The second-order valence-electron chi connectivity index (χ2n) is 5.26. The fourth-order valence-corrected chi connectivity index (χ4v) is 2.55. The zero-order valence-corrected chi connectivity index (χ0v) is 12.2. The number of nitrogens with zero attached hydrogens (tertiary/aromatic N) is 1. The summed E-state index contributed by atoms with van der Waals surface area (Å²) in [6.45, 7) is 2.06. The van der Waals surface area contributed by atoms with E-state index in [-0.39, 0.29) is 18.7 Å². The Bertz CT molecular complexity index is 540. The van der Waals surface area contributed by atoms with E-state index in [0.29, 0.717) is 18.8 Å². The lowest BCUT2D eigenvalue weighted by Gasteiger charge is -2.26. The van der Waals surface area contributed by atoms with Crippen LogP contribution in [0.2, 0.25) is 0 Å². The van der Waals surface area contributed by atoms with Gasteiger partial charge in [-0.3, -0.25) is 15.4 Å². The van der Waals surface area contributed by atoms with E-state index in [2.05, 4.69) is 10.6 Å². The maximum atomic E-state index is 11.8. The van der Waals surface area contributed by atoms with E-state index in [4.69, 9.17) is 9.47 Å². The van der Waals surface area contributed by atoms with Crippen molar-refractivity contribution in [1.82, 2.24) is 5.32 Å². The van der Waals surface area contributed by atoms with Gasteiger partial charge in [0.15, 0.2) is 6.23 Å². The summed E-state index contributed by atoms with van der Waals surface area (Å²) in [5.74, 6) is -0.0568. The molecule has 22 heavy (non-hydrogen) atoms. The minimum Gasteiger partial charge on any atom is -0.430 e. The van der Waals surface area contributed by atoms with Gasteiger partial charge in [-0.05, 0) is 43.7 Å². The van der Waals surface area contributed by atoms with Crippen LogP contribution in [0.25, 0.3) is 0 Å². The van der Waals surface area contributed by atoms with Crippen molar-refractivity contribution < 1.29 is 19.1 Å². The predicted molar refractivity (Wildman–Crippen MR) is 80.7 cm³/mol. The third-order valence-electron chi connectivity index (χ3n) is 3.68. The van der Waals surface area contributed by atoms with E-state index >= 15 is 0 Å². The summed E-state index contributed by atoms with van der Waals surface area (Å²) in [6, 6.07) is 7.10. The second kappa shape index (κ2) is 6.76. The molecule has 0 bridgehead atoms. The zero-order valence-electron chi connectivity index (χ0n) is 12.2. The molecule has 2 aliphatic rings. The quantitative estimate of drug-likeness (QED) is 0.880. The average molecular weight is 305 g/mol. The highest BCUT2D eigenvalue weighted by Crippen LogP contribution is 2.20. The van der Waals surface area contributed by atoms with E-state index in [1.807, 2.05) is 0 Å². The van der Waals surface area contributed by atoms with Crippen LogP contribution in [0.4, 0.5) is 16.2 Å². The Kier molecular flexibility index (Phi) is 4.55. The predicted octanol–water partition coefficient (Wildman–Crippen LogP) is 1.31. The number of nitrogens with one attached hydrogen (secondary N) is 2. The molecular formula is C15H19N3O4. The molecule has 118 valence electrons. The first-order valence-electron chi connectivity index (χ1n) is 7.41. The van der Waals surface area contributed by atoms with Gasteiger partial charge in [-0.2, -0.15) is 0 Å². The standard InChI is InChI=1S/C15H19N3O4/c19-14-10-21-9-8-18(14)12-5-3-11(4-6-12)17-15(20)22-13-2-1-7-16-13/h3-6,13,16H,1-2,7-10H2,(H,17,20). The van der Waals surface area contributed by atoms with Crippen molar-refractivity contribution in [1.29, 1.82) is 0 Å². The summed E-state index contributed by atoms with van der Waals surface area (Å²) in [7, 11) is 0. The largest absolute Gasteiger partial charge is 0.430 e. The van der Waals surface area contributed by atoms with Gasteiger partial charge < -0.3 is 14.4 Å². The number of ether oxygens (including phenoxy) is 2. The summed E-state index contributed by atoms with van der Waals surface area (Å²) < 4.78 is 10.3. The molecular weight excluding hydrogens is 286 g/mol. The van der Waals surface area contributed by atoms with E-state index in [1.54, 1.807) is 29.2 Å². The summed E-state index contributed by atoms with van der Waals surface area (Å²) in [6.07, 6.45) is 1.17. The molecule has 2 amide bonds. The fourth-order valence-electron chi connectivity index (χ4n) is 2.55. The Balaban J connectivity index is 1.56. The zero-order chi connectivity index (χ0) is 15.4. The van der Waals surface area contributed by atoms with Crippen LogP contribution >= 0.6 is 0 Å². The number of amides is 2. The van der Waals surface area contributed by atoms with Gasteiger partial charge in [-0.25, -0.2) is 4.79 Å². The van der Waals surface area contributed by atoms with Crippen molar-refractivity contribution in [3.8, 4) is 0 Å². The number of anilines is 2. The van der Waals surface area contributed by atoms with Crippen molar-refractivity contribution in [2.24, 2.45) is 0 Å². The number of morpholine rings is 1. The van der Waals surface area contributed by atoms with E-state index in [0.717, 1.165) is 25.1 Å². The third kappa shape index (κ3) is 3.55. The highest BCUT2D eigenvalue weighted by Gasteiger charge is 2.20. The highest BCUT2D eigenvalue weighted by molar-refractivity contribution is 5.95. The van der Waals surface area contributed by atoms with Crippen molar-refractivity contribution in [2.75, 3.05) is 36.5 Å². The Labute approximate surface area is 128 Å². The summed E-state index contributed by atoms with van der Waals surface area (Å²) in [4.78, 5) is 25.2. The molecule has 2 saturated heterocycles. The average Bonchev–Trinajstić information content (AvgIpc) is 3.01. The molecule has 1 atom stereocenters. The van der Waals surface area contributed by atoms with Crippen molar-refractivity contribution in [3.05, 3.63) is 24.3 Å². The van der Waals surface area contributed by atoms with Crippen molar-refractivity contribution in [2.45, 2.75) is 19.1 Å². The van der Waals surface area contributed by atoms with Crippen LogP contribution in [0, 0.1) is 0 Å². The van der Waals surface area contributed by atoms with Crippen molar-refractivity contribution >= 4 is 23.4 Å². The minimum absolute atomic E-state index is 0.0568. The number of carbonyl (C=O) groups is 2. The first kappa shape index (κ1) is 14.8. The van der Waals surface area contributed by atoms with Gasteiger partial charge >= 0.3 is 6.09 Å². The van der Waals surface area contributed by atoms with E-state index in [9.17, 15) is 9.59 Å². The van der Waals surface area contributed by atoms with Crippen LogP contribution < -0.4 is 15.5 Å². The summed E-state index contributed by atoms with van der Waals surface area (Å²) in [5, 5.41) is 5.77. The summed E-state index contributed by atoms with van der Waals surface area (Å²) >= 11 is 0. The fraction of sp³-hybridized carbons (Fsp3) is 0.467. The minimum atomic E-state index is -0.477. The molecule has 0 aromatic heterocycles. The number of carbonyl (C=O) groups excluding carboxylic acids is 2. The monoisotopic (exact) mass is 305 g/mol. The van der Waals surface area contributed by atoms with Gasteiger partial charge in [0, 0.05) is 17.9 Å². The van der Waals surface area contributed by atoms with Crippen molar-refractivity contribution in [3.63, 3.8) is 0 Å². The second-order valence-corrected chi connectivity index (χ2v) is 5.26. The number of rotatable bonds is 3. The Hall–Kier alpha value is -2.12. The Morgan fingerprint density at radius 3 is 2.86 bits per heavy atom. The highest BCUT2D eigenvalue weighted by atomic mass is 16.6. The topological polar surface area (TPSA) is 79.9 Å². The Morgan fingerprint density at radius 2 is 2.18 bits per heavy atom.